The average molecular weight is 207 g/mol. The van der Waals surface area contributed by atoms with E-state index < -0.39 is 0 Å². The second kappa shape index (κ2) is 3.86. The van der Waals surface area contributed by atoms with E-state index in [1.807, 2.05) is 0 Å². The first-order valence-electron chi connectivity index (χ1n) is 4.86. The molecule has 0 bridgehead atoms. The topological polar surface area (TPSA) is 79.5 Å². The Bertz CT molecular complexity index is 381. The molecule has 2 rings (SSSR count). The smallest absolute Gasteiger partial charge is 0.257 e. The van der Waals surface area contributed by atoms with Crippen LogP contribution in [0, 0.1) is 0 Å². The molecular formula is C10H13N3O2. The van der Waals surface area contributed by atoms with Crippen molar-refractivity contribution in [2.75, 3.05) is 13.1 Å². The van der Waals surface area contributed by atoms with Gasteiger partial charge in [0.15, 0.2) is 0 Å². The highest BCUT2D eigenvalue weighted by atomic mass is 16.3. The maximum absolute atomic E-state index is 11.9. The Balaban J connectivity index is 2.18. The highest BCUT2D eigenvalue weighted by Gasteiger charge is 2.25. The number of hydrogen-bond acceptors (Lipinski definition) is 4. The summed E-state index contributed by atoms with van der Waals surface area (Å²) in [5.41, 5.74) is 6.00. The molecule has 1 saturated heterocycles. The maximum Gasteiger partial charge on any atom is 0.257 e. The second-order valence-corrected chi connectivity index (χ2v) is 3.69. The van der Waals surface area contributed by atoms with E-state index in [2.05, 4.69) is 4.98 Å². The second-order valence-electron chi connectivity index (χ2n) is 3.69. The van der Waals surface area contributed by atoms with Crippen LogP contribution in [0.3, 0.4) is 0 Å². The van der Waals surface area contributed by atoms with Crippen molar-refractivity contribution in [3.8, 4) is 5.75 Å². The number of nitrogens with two attached hydrogens (primary N) is 1. The zero-order valence-electron chi connectivity index (χ0n) is 8.26. The van der Waals surface area contributed by atoms with Crippen LogP contribution in [0.5, 0.6) is 5.75 Å². The summed E-state index contributed by atoms with van der Waals surface area (Å²) in [6.45, 7) is 1.21. The summed E-state index contributed by atoms with van der Waals surface area (Å²) in [4.78, 5) is 17.3. The summed E-state index contributed by atoms with van der Waals surface area (Å²) in [7, 11) is 0. The predicted molar refractivity (Wildman–Crippen MR) is 54.4 cm³/mol. The fraction of sp³-hybridized carbons (Fsp3) is 0.400. The van der Waals surface area contributed by atoms with Gasteiger partial charge in [0.1, 0.15) is 5.75 Å². The van der Waals surface area contributed by atoms with Crippen molar-refractivity contribution in [3.05, 3.63) is 24.0 Å². The molecule has 0 unspecified atom stereocenters. The van der Waals surface area contributed by atoms with Crippen molar-refractivity contribution in [1.82, 2.24) is 9.88 Å². The van der Waals surface area contributed by atoms with Gasteiger partial charge in [-0.3, -0.25) is 9.78 Å². The number of nitrogens with zero attached hydrogens (tertiary/aromatic N) is 2. The van der Waals surface area contributed by atoms with Crippen LogP contribution >= 0.6 is 0 Å². The fourth-order valence-electron chi connectivity index (χ4n) is 1.71. The van der Waals surface area contributed by atoms with Gasteiger partial charge in [-0.05, 0) is 12.5 Å². The highest BCUT2D eigenvalue weighted by molar-refractivity contribution is 5.96. The van der Waals surface area contributed by atoms with Crippen LogP contribution in [-0.4, -0.2) is 40.0 Å². The lowest BCUT2D eigenvalue weighted by Crippen LogP contribution is -2.31. The summed E-state index contributed by atoms with van der Waals surface area (Å²) >= 11 is 0. The van der Waals surface area contributed by atoms with Crippen molar-refractivity contribution in [3.63, 3.8) is 0 Å². The van der Waals surface area contributed by atoms with Gasteiger partial charge in [-0.1, -0.05) is 0 Å². The van der Waals surface area contributed by atoms with Gasteiger partial charge in [0, 0.05) is 25.3 Å². The Hall–Kier alpha value is -1.62. The number of hydrogen-bond donors (Lipinski definition) is 2. The van der Waals surface area contributed by atoms with E-state index >= 15 is 0 Å². The van der Waals surface area contributed by atoms with Crippen molar-refractivity contribution < 1.29 is 9.90 Å². The number of likely N-dealkylation sites (tertiary alicyclic amines) is 1. The van der Waals surface area contributed by atoms with E-state index in [9.17, 15) is 9.90 Å². The quantitative estimate of drug-likeness (QED) is 0.677. The molecule has 0 aliphatic carbocycles. The van der Waals surface area contributed by atoms with Crippen LogP contribution in [0.4, 0.5) is 0 Å². The number of amides is 1. The molecule has 5 nitrogen and oxygen atoms in total. The van der Waals surface area contributed by atoms with Gasteiger partial charge in [-0.15, -0.1) is 0 Å². The third kappa shape index (κ3) is 1.92. The zero-order chi connectivity index (χ0) is 10.8. The normalized spacial score (nSPS) is 20.6. The Morgan fingerprint density at radius 1 is 1.67 bits per heavy atom. The van der Waals surface area contributed by atoms with Crippen LogP contribution in [0.2, 0.25) is 0 Å². The third-order valence-electron chi connectivity index (χ3n) is 2.54. The van der Waals surface area contributed by atoms with Crippen molar-refractivity contribution in [1.29, 1.82) is 0 Å². The minimum Gasteiger partial charge on any atom is -0.505 e. The molecule has 1 atom stereocenters. The Labute approximate surface area is 87.5 Å². The predicted octanol–water partition coefficient (Wildman–Crippen LogP) is -0.0396. The lowest BCUT2D eigenvalue weighted by Gasteiger charge is -2.15. The number of aromatic hydroxyl groups is 1. The van der Waals surface area contributed by atoms with E-state index in [0.29, 0.717) is 18.7 Å². The average Bonchev–Trinajstić information content (AvgIpc) is 2.65. The standard InChI is InChI=1S/C10H13N3O2/c11-7-2-4-13(6-7)10(15)8-1-3-12-5-9(8)14/h1,3,5,7,14H,2,4,6,11H2/t7-/m1/s1. The van der Waals surface area contributed by atoms with Gasteiger partial charge in [-0.25, -0.2) is 0 Å². The molecule has 0 aromatic carbocycles. The molecule has 0 spiro atoms. The Morgan fingerprint density at radius 3 is 3.07 bits per heavy atom. The van der Waals surface area contributed by atoms with Gasteiger partial charge in [0.05, 0.1) is 11.8 Å². The van der Waals surface area contributed by atoms with Crippen molar-refractivity contribution >= 4 is 5.91 Å². The van der Waals surface area contributed by atoms with Crippen LogP contribution in [-0.2, 0) is 0 Å². The molecule has 1 aliphatic rings. The summed E-state index contributed by atoms with van der Waals surface area (Å²) < 4.78 is 0. The Kier molecular flexibility index (Phi) is 2.55. The monoisotopic (exact) mass is 207 g/mol. The molecule has 2 heterocycles. The summed E-state index contributed by atoms with van der Waals surface area (Å²) in [5, 5.41) is 9.47. The van der Waals surface area contributed by atoms with Crippen molar-refractivity contribution in [2.45, 2.75) is 12.5 Å². The molecule has 5 heteroatoms. The molecular weight excluding hydrogens is 194 g/mol. The van der Waals surface area contributed by atoms with Gasteiger partial charge in [0.25, 0.3) is 5.91 Å². The Morgan fingerprint density at radius 2 is 2.47 bits per heavy atom. The number of carbonyl (C=O) groups is 1. The lowest BCUT2D eigenvalue weighted by molar-refractivity contribution is 0.0787. The van der Waals surface area contributed by atoms with Crippen LogP contribution in [0.1, 0.15) is 16.8 Å². The molecule has 1 fully saturated rings. The largest absolute Gasteiger partial charge is 0.505 e. The fourth-order valence-corrected chi connectivity index (χ4v) is 1.71. The third-order valence-corrected chi connectivity index (χ3v) is 2.54. The van der Waals surface area contributed by atoms with Gasteiger partial charge in [0.2, 0.25) is 0 Å². The van der Waals surface area contributed by atoms with Crippen LogP contribution in [0.25, 0.3) is 0 Å². The molecule has 1 amide bonds. The first kappa shape index (κ1) is 9.92. The lowest BCUT2D eigenvalue weighted by atomic mass is 10.2. The molecule has 1 aromatic heterocycles. The van der Waals surface area contributed by atoms with Gasteiger partial charge < -0.3 is 15.7 Å². The van der Waals surface area contributed by atoms with E-state index in [1.165, 1.54) is 18.5 Å². The minimum absolute atomic E-state index is 0.0536. The molecule has 3 N–H and O–H groups in total. The molecule has 1 aromatic rings. The highest BCUT2D eigenvalue weighted by Crippen LogP contribution is 2.18. The molecule has 15 heavy (non-hydrogen) atoms. The van der Waals surface area contributed by atoms with E-state index in [0.717, 1.165) is 6.42 Å². The number of carbonyl (C=O) groups excluding carboxylic acids is 1. The number of aromatic nitrogens is 1. The van der Waals surface area contributed by atoms with Crippen molar-refractivity contribution in [2.24, 2.45) is 5.73 Å². The summed E-state index contributed by atoms with van der Waals surface area (Å²) in [6, 6.07) is 1.57. The summed E-state index contributed by atoms with van der Waals surface area (Å²) in [5.74, 6) is -0.258. The minimum atomic E-state index is -0.178. The number of pyridine rings is 1. The van der Waals surface area contributed by atoms with Gasteiger partial charge >= 0.3 is 0 Å². The zero-order valence-corrected chi connectivity index (χ0v) is 8.26. The van der Waals surface area contributed by atoms with E-state index in [1.54, 1.807) is 4.90 Å². The number of rotatable bonds is 1. The maximum atomic E-state index is 11.9. The molecule has 1 aliphatic heterocycles. The SMILES string of the molecule is N[C@@H]1CCN(C(=O)c2ccncc2O)C1. The molecule has 0 radical (unpaired) electrons. The molecule has 80 valence electrons. The molecule has 0 saturated carbocycles. The van der Waals surface area contributed by atoms with E-state index in [4.69, 9.17) is 5.73 Å². The van der Waals surface area contributed by atoms with Gasteiger partial charge in [-0.2, -0.15) is 0 Å². The van der Waals surface area contributed by atoms with E-state index in [-0.39, 0.29) is 17.7 Å². The van der Waals surface area contributed by atoms with Crippen LogP contribution < -0.4 is 5.73 Å². The summed E-state index contributed by atoms with van der Waals surface area (Å²) in [6.07, 6.45) is 3.57. The first-order chi connectivity index (χ1) is 7.18. The van der Waals surface area contributed by atoms with Crippen LogP contribution in [0.15, 0.2) is 18.5 Å². The first-order valence-corrected chi connectivity index (χ1v) is 4.86.